The molecule has 0 aliphatic carbocycles. The van der Waals surface area contributed by atoms with Gasteiger partial charge in [0.05, 0.1) is 41.0 Å². The highest BCUT2D eigenvalue weighted by Crippen LogP contribution is 2.34. The van der Waals surface area contributed by atoms with Gasteiger partial charge in [-0.2, -0.15) is 0 Å². The van der Waals surface area contributed by atoms with Gasteiger partial charge >= 0.3 is 0 Å². The molecule has 0 saturated carbocycles. The zero-order chi connectivity index (χ0) is 14.9. The minimum absolute atomic E-state index is 0.0651. The van der Waals surface area contributed by atoms with Crippen LogP contribution in [0.1, 0.15) is 13.8 Å². The third kappa shape index (κ3) is 2.90. The first kappa shape index (κ1) is 15.1. The highest BCUT2D eigenvalue weighted by Gasteiger charge is 2.15. The van der Waals surface area contributed by atoms with Crippen molar-refractivity contribution in [2.24, 2.45) is 0 Å². The smallest absolute Gasteiger partial charge is 0.262 e. The van der Waals surface area contributed by atoms with Crippen molar-refractivity contribution in [3.63, 3.8) is 0 Å². The van der Waals surface area contributed by atoms with Crippen LogP contribution in [-0.4, -0.2) is 27.4 Å². The van der Waals surface area contributed by atoms with Crippen LogP contribution in [0.5, 0.6) is 5.75 Å². The molecule has 0 atom stereocenters. The van der Waals surface area contributed by atoms with E-state index >= 15 is 0 Å². The van der Waals surface area contributed by atoms with E-state index in [4.69, 9.17) is 27.9 Å². The number of benzene rings is 1. The lowest BCUT2D eigenvalue weighted by atomic mass is 10.2. The lowest BCUT2D eigenvalue weighted by molar-refractivity contribution is 0.0722. The van der Waals surface area contributed by atoms with Gasteiger partial charge in [-0.25, -0.2) is 4.98 Å². The first-order valence-electron chi connectivity index (χ1n) is 6.09. The SMILES string of the molecule is CC(C)OCCn1cnc2c(O)c(Cl)cc(Cl)c2c1=O. The number of halogens is 2. The molecular weight excluding hydrogens is 303 g/mol. The summed E-state index contributed by atoms with van der Waals surface area (Å²) in [4.78, 5) is 16.4. The Bertz CT molecular complexity index is 698. The molecule has 0 radical (unpaired) electrons. The third-order valence-electron chi connectivity index (χ3n) is 2.76. The van der Waals surface area contributed by atoms with E-state index in [1.54, 1.807) is 0 Å². The standard InChI is InChI=1S/C13H14Cl2N2O3/c1-7(2)20-4-3-17-6-16-11-10(13(17)19)8(14)5-9(15)12(11)18/h5-7,18H,3-4H2,1-2H3. The second-order valence-electron chi connectivity index (χ2n) is 4.58. The maximum atomic E-state index is 12.3. The van der Waals surface area contributed by atoms with Gasteiger partial charge in [0.15, 0.2) is 5.75 Å². The molecule has 1 aromatic carbocycles. The Morgan fingerprint density at radius 1 is 1.40 bits per heavy atom. The van der Waals surface area contributed by atoms with Crippen molar-refractivity contribution in [3.05, 3.63) is 32.8 Å². The van der Waals surface area contributed by atoms with Crippen molar-refractivity contribution in [1.82, 2.24) is 9.55 Å². The van der Waals surface area contributed by atoms with Gasteiger partial charge in [-0.15, -0.1) is 0 Å². The topological polar surface area (TPSA) is 64.3 Å². The quantitative estimate of drug-likeness (QED) is 0.942. The van der Waals surface area contributed by atoms with Crippen LogP contribution >= 0.6 is 23.2 Å². The zero-order valence-electron chi connectivity index (χ0n) is 11.1. The largest absolute Gasteiger partial charge is 0.504 e. The van der Waals surface area contributed by atoms with Crippen molar-refractivity contribution in [2.45, 2.75) is 26.5 Å². The summed E-state index contributed by atoms with van der Waals surface area (Å²) in [6.45, 7) is 4.58. The summed E-state index contributed by atoms with van der Waals surface area (Å²) < 4.78 is 6.79. The Morgan fingerprint density at radius 2 is 2.10 bits per heavy atom. The molecule has 2 rings (SSSR count). The van der Waals surface area contributed by atoms with E-state index in [1.807, 2.05) is 13.8 Å². The fourth-order valence-corrected chi connectivity index (χ4v) is 2.33. The second-order valence-corrected chi connectivity index (χ2v) is 5.39. The van der Waals surface area contributed by atoms with Crippen molar-refractivity contribution in [3.8, 4) is 5.75 Å². The average Bonchev–Trinajstić information content (AvgIpc) is 2.37. The molecule has 0 aliphatic rings. The van der Waals surface area contributed by atoms with E-state index in [0.717, 1.165) is 0 Å². The van der Waals surface area contributed by atoms with Crippen molar-refractivity contribution in [2.75, 3.05) is 6.61 Å². The normalized spacial score (nSPS) is 11.4. The number of aromatic nitrogens is 2. The summed E-state index contributed by atoms with van der Waals surface area (Å²) in [5.41, 5.74) is -0.229. The minimum Gasteiger partial charge on any atom is -0.504 e. The predicted octanol–water partition coefficient (Wildman–Crippen LogP) is 2.83. The molecular formula is C13H14Cl2N2O3. The summed E-state index contributed by atoms with van der Waals surface area (Å²) >= 11 is 11.8. The monoisotopic (exact) mass is 316 g/mol. The van der Waals surface area contributed by atoms with E-state index in [2.05, 4.69) is 4.98 Å². The van der Waals surface area contributed by atoms with Gasteiger partial charge in [0.2, 0.25) is 0 Å². The average molecular weight is 317 g/mol. The number of phenols is 1. The number of aromatic hydroxyl groups is 1. The molecule has 108 valence electrons. The Labute approximate surface area is 125 Å². The molecule has 0 aliphatic heterocycles. The molecule has 0 bridgehead atoms. The molecule has 0 saturated heterocycles. The molecule has 1 N–H and O–H groups in total. The molecule has 5 nitrogen and oxygen atoms in total. The first-order valence-corrected chi connectivity index (χ1v) is 6.85. The van der Waals surface area contributed by atoms with E-state index < -0.39 is 0 Å². The van der Waals surface area contributed by atoms with Crippen LogP contribution in [0.2, 0.25) is 10.0 Å². The predicted molar refractivity (Wildman–Crippen MR) is 78.8 cm³/mol. The van der Waals surface area contributed by atoms with Crippen LogP contribution in [0.15, 0.2) is 17.2 Å². The summed E-state index contributed by atoms with van der Waals surface area (Å²) in [5, 5.41) is 10.2. The van der Waals surface area contributed by atoms with Crippen LogP contribution in [0.25, 0.3) is 10.9 Å². The minimum atomic E-state index is -0.334. The van der Waals surface area contributed by atoms with Crippen LogP contribution in [-0.2, 0) is 11.3 Å². The van der Waals surface area contributed by atoms with Gasteiger partial charge in [-0.1, -0.05) is 23.2 Å². The summed E-state index contributed by atoms with van der Waals surface area (Å²) in [5.74, 6) is -0.242. The highest BCUT2D eigenvalue weighted by atomic mass is 35.5. The maximum absolute atomic E-state index is 12.3. The lowest BCUT2D eigenvalue weighted by Crippen LogP contribution is -2.24. The van der Waals surface area contributed by atoms with E-state index in [9.17, 15) is 9.90 Å². The Hall–Kier alpha value is -1.30. The molecule has 0 amide bonds. The Morgan fingerprint density at radius 3 is 2.75 bits per heavy atom. The number of hydrogen-bond donors (Lipinski definition) is 1. The number of rotatable bonds is 4. The third-order valence-corrected chi connectivity index (χ3v) is 3.35. The van der Waals surface area contributed by atoms with Crippen molar-refractivity contribution in [1.29, 1.82) is 0 Å². The number of phenolic OH excluding ortho intramolecular Hbond substituents is 1. The zero-order valence-corrected chi connectivity index (χ0v) is 12.6. The molecule has 0 fully saturated rings. The van der Waals surface area contributed by atoms with Gasteiger partial charge in [-0.05, 0) is 19.9 Å². The van der Waals surface area contributed by atoms with Gasteiger partial charge in [0.1, 0.15) is 5.52 Å². The van der Waals surface area contributed by atoms with Crippen LogP contribution in [0.3, 0.4) is 0 Å². The number of hydrogen-bond acceptors (Lipinski definition) is 4. The van der Waals surface area contributed by atoms with Gasteiger partial charge < -0.3 is 9.84 Å². The van der Waals surface area contributed by atoms with E-state index in [1.165, 1.54) is 17.0 Å². The van der Waals surface area contributed by atoms with Crippen LogP contribution in [0, 0.1) is 0 Å². The van der Waals surface area contributed by atoms with E-state index in [-0.39, 0.29) is 38.4 Å². The van der Waals surface area contributed by atoms with Crippen LogP contribution in [0.4, 0.5) is 0 Å². The summed E-state index contributed by atoms with van der Waals surface area (Å²) in [6.07, 6.45) is 1.44. The second kappa shape index (κ2) is 5.99. The molecule has 0 spiro atoms. The summed E-state index contributed by atoms with van der Waals surface area (Å²) in [6, 6.07) is 1.33. The molecule has 7 heteroatoms. The number of fused-ring (bicyclic) bond motifs is 1. The van der Waals surface area contributed by atoms with Gasteiger partial charge in [0, 0.05) is 0 Å². The van der Waals surface area contributed by atoms with Crippen LogP contribution < -0.4 is 5.56 Å². The molecule has 1 aromatic heterocycles. The highest BCUT2D eigenvalue weighted by molar-refractivity contribution is 6.39. The van der Waals surface area contributed by atoms with Gasteiger partial charge in [-0.3, -0.25) is 9.36 Å². The Kier molecular flexibility index (Phi) is 4.52. The van der Waals surface area contributed by atoms with Crippen molar-refractivity contribution < 1.29 is 9.84 Å². The molecule has 1 heterocycles. The number of nitrogens with zero attached hydrogens (tertiary/aromatic N) is 2. The lowest BCUT2D eigenvalue weighted by Gasteiger charge is -2.11. The Balaban J connectivity index is 2.46. The van der Waals surface area contributed by atoms with Gasteiger partial charge in [0.25, 0.3) is 5.56 Å². The molecule has 20 heavy (non-hydrogen) atoms. The maximum Gasteiger partial charge on any atom is 0.262 e. The fourth-order valence-electron chi connectivity index (χ4n) is 1.80. The first-order chi connectivity index (χ1) is 9.41. The summed E-state index contributed by atoms with van der Waals surface area (Å²) in [7, 11) is 0. The fraction of sp³-hybridized carbons (Fsp3) is 0.385. The van der Waals surface area contributed by atoms with Crippen molar-refractivity contribution >= 4 is 34.1 Å². The molecule has 0 unspecified atom stereocenters. The molecule has 2 aromatic rings. The van der Waals surface area contributed by atoms with E-state index in [0.29, 0.717) is 13.2 Å². The number of ether oxygens (including phenoxy) is 1.